The van der Waals surface area contributed by atoms with Gasteiger partial charge in [-0.2, -0.15) is 5.26 Å². The van der Waals surface area contributed by atoms with Crippen molar-refractivity contribution in [2.45, 2.75) is 6.92 Å². The number of nitriles is 1. The summed E-state index contributed by atoms with van der Waals surface area (Å²) in [4.78, 5) is 0. The molecule has 0 aromatic heterocycles. The van der Waals surface area contributed by atoms with Crippen LogP contribution in [0.15, 0.2) is 6.07 Å². The van der Waals surface area contributed by atoms with E-state index in [-0.39, 0.29) is 11.3 Å². The zero-order valence-electron chi connectivity index (χ0n) is 7.26. The third-order valence-electron chi connectivity index (χ3n) is 1.70. The number of hydrogen-bond acceptors (Lipinski definition) is 3. The van der Waals surface area contributed by atoms with Crippen LogP contribution >= 0.6 is 0 Å². The number of halogens is 1. The lowest BCUT2D eigenvalue weighted by Crippen LogP contribution is -1.93. The van der Waals surface area contributed by atoms with Gasteiger partial charge >= 0.3 is 0 Å². The monoisotopic (exact) mass is 181 g/mol. The number of rotatable bonds is 1. The van der Waals surface area contributed by atoms with Crippen LogP contribution in [0.25, 0.3) is 0 Å². The van der Waals surface area contributed by atoms with Crippen molar-refractivity contribution in [3.05, 3.63) is 23.0 Å². The van der Waals surface area contributed by atoms with Crippen LogP contribution in [0.2, 0.25) is 0 Å². The predicted octanol–water partition coefficient (Wildman–Crippen LogP) is 1.72. The maximum atomic E-state index is 13.1. The molecule has 1 aromatic rings. The lowest BCUT2D eigenvalue weighted by atomic mass is 10.1. The molecule has 4 heteroatoms. The summed E-state index contributed by atoms with van der Waals surface area (Å²) in [6.45, 7) is 1.62. The first-order valence-electron chi connectivity index (χ1n) is 3.58. The topological polar surface area (TPSA) is 53.2 Å². The fourth-order valence-electron chi connectivity index (χ4n) is 1.10. The highest BCUT2D eigenvalue weighted by atomic mass is 19.1. The first kappa shape index (κ1) is 9.33. The summed E-state index contributed by atoms with van der Waals surface area (Å²) in [6.07, 6.45) is 0. The maximum Gasteiger partial charge on any atom is 0.195 e. The lowest BCUT2D eigenvalue weighted by Gasteiger charge is -2.08. The maximum absolute atomic E-state index is 13.1. The molecule has 0 radical (unpaired) electrons. The molecule has 0 spiro atoms. The van der Waals surface area contributed by atoms with Crippen LogP contribution in [0.5, 0.6) is 11.5 Å². The van der Waals surface area contributed by atoms with Gasteiger partial charge in [0.1, 0.15) is 6.07 Å². The number of benzene rings is 1. The molecule has 68 valence electrons. The molecule has 1 N–H and O–H groups in total. The van der Waals surface area contributed by atoms with E-state index >= 15 is 0 Å². The Morgan fingerprint density at radius 2 is 2.23 bits per heavy atom. The largest absolute Gasteiger partial charge is 0.502 e. The molecule has 0 aliphatic rings. The molecular formula is C9H8FNO2. The highest BCUT2D eigenvalue weighted by Crippen LogP contribution is 2.34. The molecule has 0 atom stereocenters. The van der Waals surface area contributed by atoms with Gasteiger partial charge in [0.15, 0.2) is 17.3 Å². The average molecular weight is 181 g/mol. The zero-order valence-corrected chi connectivity index (χ0v) is 7.26. The molecule has 0 saturated carbocycles. The highest BCUT2D eigenvalue weighted by molar-refractivity contribution is 5.52. The van der Waals surface area contributed by atoms with E-state index in [2.05, 4.69) is 0 Å². The Bertz CT molecular complexity index is 378. The third kappa shape index (κ3) is 1.41. The minimum atomic E-state index is -0.940. The van der Waals surface area contributed by atoms with Gasteiger partial charge in [-0.25, -0.2) is 4.39 Å². The number of aromatic hydroxyl groups is 1. The van der Waals surface area contributed by atoms with Crippen LogP contribution in [0, 0.1) is 24.1 Å². The minimum absolute atomic E-state index is 0.0662. The van der Waals surface area contributed by atoms with Crippen LogP contribution in [0.1, 0.15) is 11.1 Å². The third-order valence-corrected chi connectivity index (χ3v) is 1.70. The van der Waals surface area contributed by atoms with Crippen molar-refractivity contribution < 1.29 is 14.2 Å². The molecule has 0 heterocycles. The summed E-state index contributed by atoms with van der Waals surface area (Å²) >= 11 is 0. The second kappa shape index (κ2) is 3.31. The minimum Gasteiger partial charge on any atom is -0.502 e. The van der Waals surface area contributed by atoms with Crippen LogP contribution in [-0.4, -0.2) is 12.2 Å². The summed E-state index contributed by atoms with van der Waals surface area (Å²) < 4.78 is 17.8. The van der Waals surface area contributed by atoms with Gasteiger partial charge in [0.2, 0.25) is 0 Å². The van der Waals surface area contributed by atoms with E-state index in [4.69, 9.17) is 10.00 Å². The summed E-state index contributed by atoms with van der Waals surface area (Å²) in [7, 11) is 1.33. The molecule has 0 saturated heterocycles. The smallest absolute Gasteiger partial charge is 0.195 e. The fourth-order valence-corrected chi connectivity index (χ4v) is 1.10. The van der Waals surface area contributed by atoms with E-state index in [9.17, 15) is 9.50 Å². The molecule has 0 aliphatic carbocycles. The zero-order chi connectivity index (χ0) is 10.0. The van der Waals surface area contributed by atoms with Gasteiger partial charge in [-0.15, -0.1) is 0 Å². The van der Waals surface area contributed by atoms with E-state index in [0.717, 1.165) is 0 Å². The standard InChI is InChI=1S/C9H8FNO2/c1-5-3-6(4-11)7(10)8(12)9(5)13-2/h3,12H,1-2H3. The van der Waals surface area contributed by atoms with Crippen molar-refractivity contribution in [3.8, 4) is 17.6 Å². The van der Waals surface area contributed by atoms with E-state index in [0.29, 0.717) is 5.56 Å². The summed E-state index contributed by atoms with van der Waals surface area (Å²) in [5.41, 5.74) is 0.341. The average Bonchev–Trinajstić information content (AvgIpc) is 2.12. The SMILES string of the molecule is COc1c(C)cc(C#N)c(F)c1O. The molecule has 13 heavy (non-hydrogen) atoms. The molecule has 0 amide bonds. The number of aryl methyl sites for hydroxylation is 1. The van der Waals surface area contributed by atoms with Crippen LogP contribution in [0.3, 0.4) is 0 Å². The summed E-state index contributed by atoms with van der Waals surface area (Å²) in [6, 6.07) is 2.96. The van der Waals surface area contributed by atoms with Crippen LogP contribution < -0.4 is 4.74 Å². The lowest BCUT2D eigenvalue weighted by molar-refractivity contribution is 0.354. The van der Waals surface area contributed by atoms with Crippen molar-refractivity contribution in [1.29, 1.82) is 5.26 Å². The summed E-state index contributed by atoms with van der Waals surface area (Å²) in [5, 5.41) is 17.7. The number of phenols is 1. The Balaban J connectivity index is 3.48. The Labute approximate surface area is 75.0 Å². The summed E-state index contributed by atoms with van der Waals surface area (Å²) in [5.74, 6) is -1.49. The molecule has 3 nitrogen and oxygen atoms in total. The van der Waals surface area contributed by atoms with Gasteiger partial charge < -0.3 is 9.84 Å². The number of nitrogens with zero attached hydrogens (tertiary/aromatic N) is 1. The molecule has 0 unspecified atom stereocenters. The van der Waals surface area contributed by atoms with Crippen molar-refractivity contribution >= 4 is 0 Å². The van der Waals surface area contributed by atoms with Crippen molar-refractivity contribution in [2.75, 3.05) is 7.11 Å². The fraction of sp³-hybridized carbons (Fsp3) is 0.222. The molecule has 0 fully saturated rings. The van der Waals surface area contributed by atoms with Gasteiger partial charge in [-0.05, 0) is 18.6 Å². The van der Waals surface area contributed by atoms with Crippen LogP contribution in [-0.2, 0) is 0 Å². The van der Waals surface area contributed by atoms with E-state index in [1.807, 2.05) is 0 Å². The first-order chi connectivity index (χ1) is 6.11. The van der Waals surface area contributed by atoms with Gasteiger partial charge in [0.25, 0.3) is 0 Å². The Hall–Kier alpha value is -1.76. The van der Waals surface area contributed by atoms with Gasteiger partial charge in [0, 0.05) is 0 Å². The van der Waals surface area contributed by atoms with Crippen molar-refractivity contribution in [3.63, 3.8) is 0 Å². The highest BCUT2D eigenvalue weighted by Gasteiger charge is 2.15. The predicted molar refractivity (Wildman–Crippen MR) is 44.1 cm³/mol. The quantitative estimate of drug-likeness (QED) is 0.717. The molecular weight excluding hydrogens is 173 g/mol. The number of phenolic OH excluding ortho intramolecular Hbond substituents is 1. The van der Waals surface area contributed by atoms with Gasteiger partial charge in [-0.1, -0.05) is 0 Å². The number of methoxy groups -OCH3 is 1. The Morgan fingerprint density at radius 3 is 2.69 bits per heavy atom. The van der Waals surface area contributed by atoms with Gasteiger partial charge in [0.05, 0.1) is 12.7 Å². The van der Waals surface area contributed by atoms with Crippen molar-refractivity contribution in [1.82, 2.24) is 0 Å². The van der Waals surface area contributed by atoms with Crippen LogP contribution in [0.4, 0.5) is 4.39 Å². The molecule has 0 aliphatic heterocycles. The Kier molecular flexibility index (Phi) is 2.38. The number of ether oxygens (including phenoxy) is 1. The normalized spacial score (nSPS) is 9.38. The van der Waals surface area contributed by atoms with Crippen molar-refractivity contribution in [2.24, 2.45) is 0 Å². The van der Waals surface area contributed by atoms with E-state index in [1.165, 1.54) is 13.2 Å². The molecule has 1 rings (SSSR count). The second-order valence-corrected chi connectivity index (χ2v) is 2.55. The number of hydrogen-bond donors (Lipinski definition) is 1. The molecule has 1 aromatic carbocycles. The second-order valence-electron chi connectivity index (χ2n) is 2.55. The van der Waals surface area contributed by atoms with Gasteiger partial charge in [-0.3, -0.25) is 0 Å². The molecule has 0 bridgehead atoms. The van der Waals surface area contributed by atoms with E-state index in [1.54, 1.807) is 13.0 Å². The Morgan fingerprint density at radius 1 is 1.62 bits per heavy atom. The first-order valence-corrected chi connectivity index (χ1v) is 3.58. The van der Waals surface area contributed by atoms with E-state index < -0.39 is 11.6 Å².